The van der Waals surface area contributed by atoms with E-state index in [0.29, 0.717) is 12.4 Å². The average Bonchev–Trinajstić information content (AvgIpc) is 3.49. The van der Waals surface area contributed by atoms with Crippen LogP contribution in [0.25, 0.3) is 22.2 Å². The number of nitrogens with zero attached hydrogens (tertiary/aromatic N) is 3. The zero-order valence-corrected chi connectivity index (χ0v) is 17.9. The Bertz CT molecular complexity index is 1340. The second-order valence-electron chi connectivity index (χ2n) is 7.68. The summed E-state index contributed by atoms with van der Waals surface area (Å²) in [5, 5.41) is 8.55. The summed E-state index contributed by atoms with van der Waals surface area (Å²) in [7, 11) is 0. The van der Waals surface area contributed by atoms with Crippen molar-refractivity contribution in [2.75, 3.05) is 5.32 Å². The SMILES string of the molecule is Cc1nc(NC(C)c2cccc(OCc3ccon3)c2)cc(-c2ccc3cc[nH]c3c2)n1. The van der Waals surface area contributed by atoms with Crippen LogP contribution in [0, 0.1) is 6.92 Å². The first kappa shape index (κ1) is 19.8. The molecule has 1 atom stereocenters. The van der Waals surface area contributed by atoms with Crippen LogP contribution in [-0.2, 0) is 6.61 Å². The van der Waals surface area contributed by atoms with Gasteiger partial charge in [0, 0.05) is 29.4 Å². The van der Waals surface area contributed by atoms with Gasteiger partial charge in [-0.25, -0.2) is 9.97 Å². The van der Waals surface area contributed by atoms with Gasteiger partial charge in [0.05, 0.1) is 11.7 Å². The van der Waals surface area contributed by atoms with Crippen molar-refractivity contribution in [1.29, 1.82) is 0 Å². The molecular formula is C25H23N5O2. The highest BCUT2D eigenvalue weighted by atomic mass is 16.5. The van der Waals surface area contributed by atoms with Crippen LogP contribution in [0.3, 0.4) is 0 Å². The highest BCUT2D eigenvalue weighted by Crippen LogP contribution is 2.27. The summed E-state index contributed by atoms with van der Waals surface area (Å²) >= 11 is 0. The maximum absolute atomic E-state index is 5.84. The van der Waals surface area contributed by atoms with Gasteiger partial charge in [-0.1, -0.05) is 29.4 Å². The molecule has 7 nitrogen and oxygen atoms in total. The largest absolute Gasteiger partial charge is 0.487 e. The van der Waals surface area contributed by atoms with E-state index < -0.39 is 0 Å². The van der Waals surface area contributed by atoms with E-state index in [9.17, 15) is 0 Å². The first-order valence-corrected chi connectivity index (χ1v) is 10.5. The predicted octanol–water partition coefficient (Wildman–Crippen LogP) is 5.67. The molecule has 5 rings (SSSR count). The third-order valence-electron chi connectivity index (χ3n) is 5.29. The quantitative estimate of drug-likeness (QED) is 0.349. The zero-order chi connectivity index (χ0) is 21.9. The molecule has 2 aromatic carbocycles. The molecule has 5 aromatic rings. The number of ether oxygens (including phenoxy) is 1. The van der Waals surface area contributed by atoms with E-state index in [1.165, 1.54) is 11.6 Å². The number of fused-ring (bicyclic) bond motifs is 1. The van der Waals surface area contributed by atoms with E-state index in [-0.39, 0.29) is 6.04 Å². The van der Waals surface area contributed by atoms with Crippen molar-refractivity contribution >= 4 is 16.7 Å². The number of anilines is 1. The van der Waals surface area contributed by atoms with Gasteiger partial charge in [-0.2, -0.15) is 0 Å². The van der Waals surface area contributed by atoms with Gasteiger partial charge in [-0.3, -0.25) is 0 Å². The molecule has 160 valence electrons. The minimum absolute atomic E-state index is 0.0265. The van der Waals surface area contributed by atoms with Crippen molar-refractivity contribution in [2.45, 2.75) is 26.5 Å². The van der Waals surface area contributed by atoms with Crippen molar-refractivity contribution in [3.05, 3.63) is 90.2 Å². The lowest BCUT2D eigenvalue weighted by atomic mass is 10.1. The molecule has 0 spiro atoms. The van der Waals surface area contributed by atoms with Crippen LogP contribution in [0.5, 0.6) is 5.75 Å². The van der Waals surface area contributed by atoms with Crippen LogP contribution in [0.4, 0.5) is 5.82 Å². The van der Waals surface area contributed by atoms with E-state index in [4.69, 9.17) is 9.26 Å². The molecule has 7 heteroatoms. The third-order valence-corrected chi connectivity index (χ3v) is 5.29. The maximum atomic E-state index is 5.84. The lowest BCUT2D eigenvalue weighted by molar-refractivity contribution is 0.289. The van der Waals surface area contributed by atoms with Crippen LogP contribution in [-0.4, -0.2) is 20.1 Å². The Hall–Kier alpha value is -4.13. The molecular weight excluding hydrogens is 402 g/mol. The van der Waals surface area contributed by atoms with E-state index in [0.717, 1.165) is 39.6 Å². The Balaban J connectivity index is 1.34. The van der Waals surface area contributed by atoms with Gasteiger partial charge in [-0.15, -0.1) is 0 Å². The molecule has 0 aliphatic rings. The molecule has 32 heavy (non-hydrogen) atoms. The number of hydrogen-bond acceptors (Lipinski definition) is 6. The minimum Gasteiger partial charge on any atom is -0.487 e. The number of aryl methyl sites for hydroxylation is 1. The lowest BCUT2D eigenvalue weighted by Crippen LogP contribution is -2.09. The first-order chi connectivity index (χ1) is 15.6. The van der Waals surface area contributed by atoms with Gasteiger partial charge < -0.3 is 19.6 Å². The van der Waals surface area contributed by atoms with Crippen LogP contribution in [0.15, 0.2) is 77.6 Å². The molecule has 3 aromatic heterocycles. The monoisotopic (exact) mass is 425 g/mol. The fraction of sp³-hybridized carbons (Fsp3) is 0.160. The predicted molar refractivity (Wildman–Crippen MR) is 123 cm³/mol. The topological polar surface area (TPSA) is 88.9 Å². The number of H-pyrrole nitrogens is 1. The lowest BCUT2D eigenvalue weighted by Gasteiger charge is -2.17. The Morgan fingerprint density at radius 2 is 2.00 bits per heavy atom. The molecule has 0 aliphatic heterocycles. The number of aromatic amines is 1. The Morgan fingerprint density at radius 1 is 1.06 bits per heavy atom. The van der Waals surface area contributed by atoms with Crippen molar-refractivity contribution in [2.24, 2.45) is 0 Å². The second-order valence-corrected chi connectivity index (χ2v) is 7.68. The molecule has 0 fully saturated rings. The normalized spacial score (nSPS) is 12.1. The van der Waals surface area contributed by atoms with Crippen LogP contribution in [0.2, 0.25) is 0 Å². The standard InChI is InChI=1S/C25H23N5O2/c1-16(19-4-3-5-22(12-19)31-15-21-9-11-32-30-21)27-25-14-24(28-17(2)29-25)20-7-6-18-8-10-26-23(18)13-20/h3-14,16,26H,15H2,1-2H3,(H,27,28,29). The summed E-state index contributed by atoms with van der Waals surface area (Å²) in [5.74, 6) is 2.27. The number of aromatic nitrogens is 4. The van der Waals surface area contributed by atoms with Crippen LogP contribution in [0.1, 0.15) is 30.0 Å². The fourth-order valence-electron chi connectivity index (χ4n) is 3.64. The first-order valence-electron chi connectivity index (χ1n) is 10.5. The highest BCUT2D eigenvalue weighted by Gasteiger charge is 2.11. The molecule has 0 amide bonds. The number of hydrogen-bond donors (Lipinski definition) is 2. The van der Waals surface area contributed by atoms with E-state index in [2.05, 4.69) is 62.7 Å². The molecule has 3 heterocycles. The van der Waals surface area contributed by atoms with Gasteiger partial charge in [0.1, 0.15) is 36.0 Å². The van der Waals surface area contributed by atoms with E-state index >= 15 is 0 Å². The number of nitrogens with one attached hydrogen (secondary N) is 2. The van der Waals surface area contributed by atoms with Crippen LogP contribution < -0.4 is 10.1 Å². The summed E-state index contributed by atoms with van der Waals surface area (Å²) < 4.78 is 10.7. The fourth-order valence-corrected chi connectivity index (χ4v) is 3.64. The van der Waals surface area contributed by atoms with Crippen molar-refractivity contribution in [3.8, 4) is 17.0 Å². The second kappa shape index (κ2) is 8.55. The summed E-state index contributed by atoms with van der Waals surface area (Å²) in [4.78, 5) is 12.5. The van der Waals surface area contributed by atoms with Crippen LogP contribution >= 0.6 is 0 Å². The molecule has 0 radical (unpaired) electrons. The molecule has 0 aliphatic carbocycles. The molecule has 0 saturated heterocycles. The van der Waals surface area contributed by atoms with Gasteiger partial charge in [0.25, 0.3) is 0 Å². The van der Waals surface area contributed by atoms with E-state index in [1.807, 2.05) is 37.4 Å². The molecule has 2 N–H and O–H groups in total. The molecule has 0 bridgehead atoms. The Labute approximate surface area is 185 Å². The summed E-state index contributed by atoms with van der Waals surface area (Å²) in [6.45, 7) is 4.37. The maximum Gasteiger partial charge on any atom is 0.134 e. The number of benzene rings is 2. The van der Waals surface area contributed by atoms with Gasteiger partial charge in [0.2, 0.25) is 0 Å². The Morgan fingerprint density at radius 3 is 2.88 bits per heavy atom. The van der Waals surface area contributed by atoms with Gasteiger partial charge in [0.15, 0.2) is 0 Å². The van der Waals surface area contributed by atoms with Crippen molar-refractivity contribution in [3.63, 3.8) is 0 Å². The Kier molecular flexibility index (Phi) is 5.29. The number of rotatable bonds is 7. The smallest absolute Gasteiger partial charge is 0.134 e. The van der Waals surface area contributed by atoms with E-state index in [1.54, 1.807) is 6.07 Å². The minimum atomic E-state index is 0.0265. The summed E-state index contributed by atoms with van der Waals surface area (Å²) in [6, 6.07) is 20.1. The van der Waals surface area contributed by atoms with Crippen molar-refractivity contribution in [1.82, 2.24) is 20.1 Å². The summed E-state index contributed by atoms with van der Waals surface area (Å²) in [6.07, 6.45) is 3.48. The summed E-state index contributed by atoms with van der Waals surface area (Å²) in [5.41, 5.74) is 4.86. The van der Waals surface area contributed by atoms with Crippen molar-refractivity contribution < 1.29 is 9.26 Å². The van der Waals surface area contributed by atoms with Gasteiger partial charge >= 0.3 is 0 Å². The zero-order valence-electron chi connectivity index (χ0n) is 17.9. The highest BCUT2D eigenvalue weighted by molar-refractivity contribution is 5.84. The molecule has 0 saturated carbocycles. The third kappa shape index (κ3) is 4.32. The van der Waals surface area contributed by atoms with Gasteiger partial charge in [-0.05, 0) is 49.1 Å². The average molecular weight is 425 g/mol. The molecule has 1 unspecified atom stereocenters.